The minimum Gasteiger partial charge on any atom is -0.333 e. The molecule has 0 amide bonds. The molecule has 0 fully saturated rings. The molecule has 0 atom stereocenters. The summed E-state index contributed by atoms with van der Waals surface area (Å²) in [6, 6.07) is 1.92. The molecule has 1 rings (SSSR count). The predicted molar refractivity (Wildman–Crippen MR) is 54.5 cm³/mol. The number of rotatable bonds is 1. The molecule has 0 aliphatic heterocycles. The van der Waals surface area contributed by atoms with E-state index in [1.807, 2.05) is 19.9 Å². The number of H-pyrrole nitrogens is 1. The van der Waals surface area contributed by atoms with Crippen LogP contribution in [0.25, 0.3) is 0 Å². The highest BCUT2D eigenvalue weighted by Gasteiger charge is 2.00. The van der Waals surface area contributed by atoms with Crippen molar-refractivity contribution < 1.29 is 0 Å². The van der Waals surface area contributed by atoms with Crippen molar-refractivity contribution in [3.8, 4) is 0 Å². The summed E-state index contributed by atoms with van der Waals surface area (Å²) < 4.78 is 0. The van der Waals surface area contributed by atoms with E-state index in [0.29, 0.717) is 12.1 Å². The first-order valence-electron chi connectivity index (χ1n) is 4.12. The van der Waals surface area contributed by atoms with Crippen molar-refractivity contribution >= 4 is 0 Å². The normalized spacial score (nSPS) is 9.00. The maximum Gasteiger partial charge on any atom is 0.252 e. The molecular formula is C9H17N3O. The zero-order valence-electron chi connectivity index (χ0n) is 8.35. The van der Waals surface area contributed by atoms with Crippen LogP contribution in [0.15, 0.2) is 10.9 Å². The molecule has 1 aromatic rings. The molecular weight excluding hydrogens is 166 g/mol. The predicted octanol–water partition coefficient (Wildman–Crippen LogP) is 0.0253. The molecule has 13 heavy (non-hydrogen) atoms. The van der Waals surface area contributed by atoms with E-state index in [0.717, 1.165) is 11.3 Å². The average molecular weight is 183 g/mol. The summed E-state index contributed by atoms with van der Waals surface area (Å²) in [6.45, 7) is 4.06. The third-order valence-corrected chi connectivity index (χ3v) is 1.70. The van der Waals surface area contributed by atoms with E-state index in [9.17, 15) is 4.79 Å². The molecule has 0 saturated heterocycles. The van der Waals surface area contributed by atoms with Gasteiger partial charge in [0, 0.05) is 17.8 Å². The first-order valence-corrected chi connectivity index (χ1v) is 4.12. The number of aromatic amines is 1. The van der Waals surface area contributed by atoms with Gasteiger partial charge in [-0.3, -0.25) is 4.79 Å². The van der Waals surface area contributed by atoms with Crippen molar-refractivity contribution in [3.05, 3.63) is 33.2 Å². The van der Waals surface area contributed by atoms with Gasteiger partial charge in [-0.05, 0) is 32.5 Å². The minimum absolute atomic E-state index is 0.0648. The number of hydrogen-bond donors (Lipinski definition) is 3. The molecule has 1 heterocycles. The summed E-state index contributed by atoms with van der Waals surface area (Å²) in [5, 5.41) is 0. The van der Waals surface area contributed by atoms with Gasteiger partial charge in [-0.15, -0.1) is 0 Å². The number of nitrogens with one attached hydrogen (secondary N) is 1. The second kappa shape index (κ2) is 5.50. The van der Waals surface area contributed by atoms with Crippen LogP contribution >= 0.6 is 0 Å². The molecule has 5 N–H and O–H groups in total. The highest BCUT2D eigenvalue weighted by molar-refractivity contribution is 5.24. The summed E-state index contributed by atoms with van der Waals surface area (Å²) in [7, 11) is 1.50. The van der Waals surface area contributed by atoms with Crippen LogP contribution in [0.5, 0.6) is 0 Å². The molecule has 0 bridgehead atoms. The lowest BCUT2D eigenvalue weighted by atomic mass is 10.1. The van der Waals surface area contributed by atoms with Crippen LogP contribution < -0.4 is 17.0 Å². The van der Waals surface area contributed by atoms with Crippen LogP contribution in [0, 0.1) is 13.8 Å². The van der Waals surface area contributed by atoms with Gasteiger partial charge in [-0.25, -0.2) is 0 Å². The monoisotopic (exact) mass is 183 g/mol. The topological polar surface area (TPSA) is 84.9 Å². The van der Waals surface area contributed by atoms with Crippen LogP contribution in [-0.4, -0.2) is 12.0 Å². The molecule has 0 aliphatic carbocycles. The SMILES string of the molecule is CN.Cc1cc(C)c(CN)c(=O)[nH]1. The van der Waals surface area contributed by atoms with Gasteiger partial charge in [-0.2, -0.15) is 0 Å². The van der Waals surface area contributed by atoms with Gasteiger partial charge in [0.15, 0.2) is 0 Å². The Bertz CT molecular complexity index is 317. The van der Waals surface area contributed by atoms with Crippen molar-refractivity contribution in [1.29, 1.82) is 0 Å². The fourth-order valence-corrected chi connectivity index (χ4v) is 1.14. The van der Waals surface area contributed by atoms with Crippen molar-refractivity contribution in [2.24, 2.45) is 11.5 Å². The Hall–Kier alpha value is -1.13. The highest BCUT2D eigenvalue weighted by atomic mass is 16.1. The van der Waals surface area contributed by atoms with Gasteiger partial charge >= 0.3 is 0 Å². The van der Waals surface area contributed by atoms with E-state index in [4.69, 9.17) is 5.73 Å². The average Bonchev–Trinajstić information content (AvgIpc) is 2.07. The first-order chi connectivity index (χ1) is 6.15. The van der Waals surface area contributed by atoms with Gasteiger partial charge in [0.1, 0.15) is 0 Å². The smallest absolute Gasteiger partial charge is 0.252 e. The summed E-state index contributed by atoms with van der Waals surface area (Å²) >= 11 is 0. The van der Waals surface area contributed by atoms with Crippen LogP contribution in [-0.2, 0) is 6.54 Å². The van der Waals surface area contributed by atoms with E-state index < -0.39 is 0 Å². The maximum atomic E-state index is 11.2. The summed E-state index contributed by atoms with van der Waals surface area (Å²) in [6.07, 6.45) is 0. The van der Waals surface area contributed by atoms with Gasteiger partial charge in [0.05, 0.1) is 0 Å². The van der Waals surface area contributed by atoms with E-state index in [2.05, 4.69) is 10.7 Å². The molecule has 0 radical (unpaired) electrons. The number of aryl methyl sites for hydroxylation is 2. The van der Waals surface area contributed by atoms with Gasteiger partial charge in [-0.1, -0.05) is 0 Å². The zero-order valence-corrected chi connectivity index (χ0v) is 8.35. The van der Waals surface area contributed by atoms with E-state index in [1.54, 1.807) is 0 Å². The van der Waals surface area contributed by atoms with Crippen LogP contribution in [0.1, 0.15) is 16.8 Å². The molecule has 0 unspecified atom stereocenters. The Labute approximate surface area is 78.0 Å². The Balaban J connectivity index is 0.000000671. The van der Waals surface area contributed by atoms with Crippen molar-refractivity contribution in [2.75, 3.05) is 7.05 Å². The third kappa shape index (κ3) is 3.01. The molecule has 0 aromatic carbocycles. The Morgan fingerprint density at radius 3 is 2.31 bits per heavy atom. The molecule has 0 aliphatic rings. The van der Waals surface area contributed by atoms with Crippen LogP contribution in [0.3, 0.4) is 0 Å². The molecule has 0 spiro atoms. The number of aromatic nitrogens is 1. The van der Waals surface area contributed by atoms with Crippen LogP contribution in [0.2, 0.25) is 0 Å². The highest BCUT2D eigenvalue weighted by Crippen LogP contribution is 2.01. The lowest BCUT2D eigenvalue weighted by Crippen LogP contribution is -2.18. The molecule has 74 valence electrons. The largest absolute Gasteiger partial charge is 0.333 e. The van der Waals surface area contributed by atoms with Crippen LogP contribution in [0.4, 0.5) is 0 Å². The summed E-state index contributed by atoms with van der Waals surface area (Å²) in [4.78, 5) is 13.9. The van der Waals surface area contributed by atoms with Gasteiger partial charge < -0.3 is 16.5 Å². The van der Waals surface area contributed by atoms with Crippen molar-refractivity contribution in [2.45, 2.75) is 20.4 Å². The maximum absolute atomic E-state index is 11.2. The molecule has 1 aromatic heterocycles. The summed E-state index contributed by atoms with van der Waals surface area (Å²) in [5.74, 6) is 0. The Morgan fingerprint density at radius 2 is 1.92 bits per heavy atom. The quantitative estimate of drug-likeness (QED) is 0.574. The fraction of sp³-hybridized carbons (Fsp3) is 0.444. The van der Waals surface area contributed by atoms with E-state index in [-0.39, 0.29) is 5.56 Å². The lowest BCUT2D eigenvalue weighted by molar-refractivity contribution is 0.975. The second-order valence-corrected chi connectivity index (χ2v) is 2.65. The van der Waals surface area contributed by atoms with Gasteiger partial charge in [0.25, 0.3) is 5.56 Å². The number of hydrogen-bond acceptors (Lipinski definition) is 3. The molecule has 4 nitrogen and oxygen atoms in total. The molecule has 0 saturated carbocycles. The zero-order chi connectivity index (χ0) is 10.4. The Morgan fingerprint density at radius 1 is 1.38 bits per heavy atom. The minimum atomic E-state index is -0.0648. The third-order valence-electron chi connectivity index (χ3n) is 1.70. The summed E-state index contributed by atoms with van der Waals surface area (Å²) in [5.41, 5.74) is 12.3. The number of pyridine rings is 1. The lowest BCUT2D eigenvalue weighted by Gasteiger charge is -2.01. The van der Waals surface area contributed by atoms with Crippen molar-refractivity contribution in [3.63, 3.8) is 0 Å². The molecule has 4 heteroatoms. The van der Waals surface area contributed by atoms with Gasteiger partial charge in [0.2, 0.25) is 0 Å². The van der Waals surface area contributed by atoms with E-state index >= 15 is 0 Å². The Kier molecular flexibility index (Phi) is 5.03. The van der Waals surface area contributed by atoms with E-state index in [1.165, 1.54) is 7.05 Å². The fourth-order valence-electron chi connectivity index (χ4n) is 1.14. The second-order valence-electron chi connectivity index (χ2n) is 2.65. The number of nitrogens with two attached hydrogens (primary N) is 2. The van der Waals surface area contributed by atoms with Crippen molar-refractivity contribution in [1.82, 2.24) is 4.98 Å². The first kappa shape index (κ1) is 11.9. The standard InChI is InChI=1S/C8H12N2O.CH5N/c1-5-3-6(2)10-8(11)7(5)4-9;1-2/h3H,4,9H2,1-2H3,(H,10,11);2H2,1H3.